The number of carbonyl (C=O) groups excluding carboxylic acids is 1. The van der Waals surface area contributed by atoms with Gasteiger partial charge in [0.1, 0.15) is 3.74 Å². The van der Waals surface area contributed by atoms with E-state index in [4.69, 9.17) is 0 Å². The van der Waals surface area contributed by atoms with Crippen LogP contribution in [0.3, 0.4) is 0 Å². The molecule has 1 nitrogen and oxygen atoms in total. The van der Waals surface area contributed by atoms with Crippen LogP contribution in [0.1, 0.15) is 19.8 Å². The Labute approximate surface area is 66.1 Å². The van der Waals surface area contributed by atoms with Crippen LogP contribution in [0.4, 0.5) is 0 Å². The van der Waals surface area contributed by atoms with Crippen molar-refractivity contribution in [1.82, 2.24) is 0 Å². The van der Waals surface area contributed by atoms with Crippen molar-refractivity contribution in [3.8, 4) is 0 Å². The Kier molecular flexibility index (Phi) is 4.86. The van der Waals surface area contributed by atoms with E-state index in [9.17, 15) is 4.79 Å². The topological polar surface area (TPSA) is 17.1 Å². The molecule has 0 radical (unpaired) electrons. The molecule has 0 atom stereocenters. The van der Waals surface area contributed by atoms with Gasteiger partial charge in [0.15, 0.2) is 5.78 Å². The van der Waals surface area contributed by atoms with Crippen LogP contribution in [0.2, 0.25) is 0 Å². The predicted octanol–water partition coefficient (Wildman–Crippen LogP) is 2.47. The summed E-state index contributed by atoms with van der Waals surface area (Å²) in [6.45, 7) is 1.99. The van der Waals surface area contributed by atoms with E-state index in [1.54, 1.807) is 0 Å². The van der Waals surface area contributed by atoms with Gasteiger partial charge < -0.3 is 0 Å². The van der Waals surface area contributed by atoms with Gasteiger partial charge in [0.2, 0.25) is 0 Å². The smallest absolute Gasteiger partial charge is 0.157 e. The average Bonchev–Trinajstić information content (AvgIpc) is 1.67. The molecule has 48 valence electrons. The summed E-state index contributed by atoms with van der Waals surface area (Å²) < 4.78 is -0.144. The molecular formula is C5H8Br2O. The van der Waals surface area contributed by atoms with Gasteiger partial charge in [0.25, 0.3) is 0 Å². The molecule has 0 aliphatic rings. The minimum Gasteiger partial charge on any atom is -0.297 e. The van der Waals surface area contributed by atoms with Crippen LogP contribution in [-0.2, 0) is 4.79 Å². The second kappa shape index (κ2) is 4.50. The van der Waals surface area contributed by atoms with Crippen LogP contribution >= 0.6 is 31.9 Å². The van der Waals surface area contributed by atoms with Gasteiger partial charge in [-0.1, -0.05) is 38.8 Å². The van der Waals surface area contributed by atoms with Crippen molar-refractivity contribution in [3.63, 3.8) is 0 Å². The number of Topliss-reactive ketones (excluding diaryl/α,β-unsaturated/α-hetero) is 1. The van der Waals surface area contributed by atoms with Crippen LogP contribution in [-0.4, -0.2) is 9.52 Å². The molecule has 0 saturated carbocycles. The fourth-order valence-electron chi connectivity index (χ4n) is 0.356. The highest BCUT2D eigenvalue weighted by molar-refractivity contribution is 9.25. The Bertz CT molecular complexity index is 80.5. The van der Waals surface area contributed by atoms with Crippen molar-refractivity contribution in [2.24, 2.45) is 0 Å². The van der Waals surface area contributed by atoms with Crippen molar-refractivity contribution >= 4 is 37.6 Å². The van der Waals surface area contributed by atoms with Gasteiger partial charge in [-0.2, -0.15) is 0 Å². The molecule has 0 aliphatic carbocycles. The Balaban J connectivity index is 3.33. The largest absolute Gasteiger partial charge is 0.297 e. The molecule has 0 aromatic rings. The molecule has 0 heterocycles. The molecule has 0 rings (SSSR count). The summed E-state index contributed by atoms with van der Waals surface area (Å²) in [6, 6.07) is 0. The van der Waals surface area contributed by atoms with E-state index in [1.807, 2.05) is 6.92 Å². The number of alkyl halides is 2. The Morgan fingerprint density at radius 2 is 2.12 bits per heavy atom. The minimum atomic E-state index is -0.144. The van der Waals surface area contributed by atoms with E-state index in [0.29, 0.717) is 6.42 Å². The summed E-state index contributed by atoms with van der Waals surface area (Å²) >= 11 is 6.22. The van der Waals surface area contributed by atoms with Crippen LogP contribution in [0.5, 0.6) is 0 Å². The van der Waals surface area contributed by atoms with Crippen molar-refractivity contribution < 1.29 is 4.79 Å². The summed E-state index contributed by atoms with van der Waals surface area (Å²) in [4.78, 5) is 10.6. The van der Waals surface area contributed by atoms with Crippen molar-refractivity contribution in [1.29, 1.82) is 0 Å². The molecule has 0 amide bonds. The first-order valence-electron chi connectivity index (χ1n) is 2.49. The van der Waals surface area contributed by atoms with E-state index in [-0.39, 0.29) is 9.52 Å². The monoisotopic (exact) mass is 242 g/mol. The van der Waals surface area contributed by atoms with Crippen LogP contribution in [0.25, 0.3) is 0 Å². The molecule has 0 aromatic heterocycles. The van der Waals surface area contributed by atoms with Gasteiger partial charge in [-0.15, -0.1) is 0 Å². The van der Waals surface area contributed by atoms with Gasteiger partial charge in [-0.25, -0.2) is 0 Å². The maximum Gasteiger partial charge on any atom is 0.157 e. The minimum absolute atomic E-state index is 0.144. The van der Waals surface area contributed by atoms with Crippen molar-refractivity contribution in [2.75, 3.05) is 0 Å². The molecule has 0 spiro atoms. The van der Waals surface area contributed by atoms with E-state index < -0.39 is 0 Å². The Hall–Kier alpha value is 0.630. The molecular weight excluding hydrogens is 236 g/mol. The highest BCUT2D eigenvalue weighted by atomic mass is 79.9. The van der Waals surface area contributed by atoms with E-state index >= 15 is 0 Å². The molecule has 3 heteroatoms. The van der Waals surface area contributed by atoms with Crippen LogP contribution in [0, 0.1) is 0 Å². The third kappa shape index (κ3) is 3.61. The fourth-order valence-corrected chi connectivity index (χ4v) is 0.813. The summed E-state index contributed by atoms with van der Waals surface area (Å²) in [5.74, 6) is 0.215. The predicted molar refractivity (Wildman–Crippen MR) is 41.6 cm³/mol. The van der Waals surface area contributed by atoms with Gasteiger partial charge in [-0.3, -0.25) is 4.79 Å². The lowest BCUT2D eigenvalue weighted by molar-refractivity contribution is -0.117. The summed E-state index contributed by atoms with van der Waals surface area (Å²) in [5, 5.41) is 0. The number of hydrogen-bond acceptors (Lipinski definition) is 1. The van der Waals surface area contributed by atoms with Crippen molar-refractivity contribution in [3.05, 3.63) is 0 Å². The van der Waals surface area contributed by atoms with Gasteiger partial charge in [0, 0.05) is 6.42 Å². The Morgan fingerprint density at radius 3 is 2.25 bits per heavy atom. The first-order valence-corrected chi connectivity index (χ1v) is 4.32. The second-order valence-corrected chi connectivity index (χ2v) is 4.58. The van der Waals surface area contributed by atoms with Crippen LogP contribution < -0.4 is 0 Å². The number of carbonyl (C=O) groups is 1. The highest BCUT2D eigenvalue weighted by Gasteiger charge is 2.07. The molecule has 0 N–H and O–H groups in total. The molecule has 0 bridgehead atoms. The number of rotatable bonds is 3. The zero-order valence-electron chi connectivity index (χ0n) is 4.66. The SMILES string of the molecule is CCCC(=O)C(Br)Br. The van der Waals surface area contributed by atoms with Gasteiger partial charge in [0.05, 0.1) is 0 Å². The normalized spacial score (nSPS) is 10.0. The van der Waals surface area contributed by atoms with E-state index in [1.165, 1.54) is 0 Å². The molecule has 0 aromatic carbocycles. The second-order valence-electron chi connectivity index (χ2n) is 1.52. The number of halogens is 2. The quantitative estimate of drug-likeness (QED) is 0.697. The number of hydrogen-bond donors (Lipinski definition) is 0. The lowest BCUT2D eigenvalue weighted by Crippen LogP contribution is -2.04. The maximum absolute atomic E-state index is 10.6. The fraction of sp³-hybridized carbons (Fsp3) is 0.800. The standard InChI is InChI=1S/C5H8Br2O/c1-2-3-4(8)5(6)7/h5H,2-3H2,1H3. The molecule has 0 aliphatic heterocycles. The summed E-state index contributed by atoms with van der Waals surface area (Å²) in [7, 11) is 0. The molecule has 8 heavy (non-hydrogen) atoms. The number of ketones is 1. The van der Waals surface area contributed by atoms with E-state index in [0.717, 1.165) is 6.42 Å². The summed E-state index contributed by atoms with van der Waals surface area (Å²) in [5.41, 5.74) is 0. The zero-order chi connectivity index (χ0) is 6.57. The first kappa shape index (κ1) is 8.63. The average molecular weight is 244 g/mol. The van der Waals surface area contributed by atoms with Crippen LogP contribution in [0.15, 0.2) is 0 Å². The molecule has 0 saturated heterocycles. The molecule has 0 fully saturated rings. The maximum atomic E-state index is 10.6. The van der Waals surface area contributed by atoms with Gasteiger partial charge >= 0.3 is 0 Å². The third-order valence-corrected chi connectivity index (χ3v) is 1.76. The summed E-state index contributed by atoms with van der Waals surface area (Å²) in [6.07, 6.45) is 1.58. The van der Waals surface area contributed by atoms with E-state index in [2.05, 4.69) is 31.9 Å². The first-order chi connectivity index (χ1) is 3.68. The molecule has 0 unspecified atom stereocenters. The third-order valence-electron chi connectivity index (χ3n) is 0.740. The van der Waals surface area contributed by atoms with Gasteiger partial charge in [-0.05, 0) is 6.42 Å². The lowest BCUT2D eigenvalue weighted by Gasteiger charge is -1.95. The lowest BCUT2D eigenvalue weighted by atomic mass is 10.3. The van der Waals surface area contributed by atoms with Crippen molar-refractivity contribution in [2.45, 2.75) is 23.5 Å². The zero-order valence-corrected chi connectivity index (χ0v) is 7.83. The Morgan fingerprint density at radius 1 is 1.62 bits per heavy atom. The highest BCUT2D eigenvalue weighted by Crippen LogP contribution is 2.11.